The van der Waals surface area contributed by atoms with Crippen LogP contribution in [0.3, 0.4) is 0 Å². The minimum Gasteiger partial charge on any atom is -0.192 e. The second-order valence-corrected chi connectivity index (χ2v) is 3.32. The van der Waals surface area contributed by atoms with Crippen molar-refractivity contribution >= 4 is 11.6 Å². The summed E-state index contributed by atoms with van der Waals surface area (Å²) in [4.78, 5) is 0. The molecule has 1 aromatic heterocycles. The minimum atomic E-state index is 0.357. The summed E-state index contributed by atoms with van der Waals surface area (Å²) in [6.07, 6.45) is 0. The van der Waals surface area contributed by atoms with Crippen molar-refractivity contribution in [3.63, 3.8) is 0 Å². The summed E-state index contributed by atoms with van der Waals surface area (Å²) in [6, 6.07) is 12.7. The maximum atomic E-state index is 8.75. The fourth-order valence-corrected chi connectivity index (χ4v) is 1.32. The molecular formula is C11H6ClN3. The molecule has 0 saturated heterocycles. The number of hydrogen-bond acceptors (Lipinski definition) is 3. The second kappa shape index (κ2) is 4.07. The topological polar surface area (TPSA) is 49.6 Å². The van der Waals surface area contributed by atoms with Crippen LogP contribution in [-0.2, 0) is 0 Å². The van der Waals surface area contributed by atoms with Gasteiger partial charge in [-0.2, -0.15) is 5.26 Å². The first-order valence-corrected chi connectivity index (χ1v) is 4.67. The summed E-state index contributed by atoms with van der Waals surface area (Å²) >= 11 is 5.63. The van der Waals surface area contributed by atoms with E-state index in [1.165, 1.54) is 0 Å². The van der Waals surface area contributed by atoms with E-state index in [4.69, 9.17) is 16.9 Å². The van der Waals surface area contributed by atoms with Crippen molar-refractivity contribution < 1.29 is 0 Å². The Bertz CT molecular complexity index is 514. The molecule has 1 aromatic carbocycles. The van der Waals surface area contributed by atoms with Gasteiger partial charge in [0, 0.05) is 5.56 Å². The molecule has 0 saturated carbocycles. The van der Waals surface area contributed by atoms with Gasteiger partial charge in [-0.3, -0.25) is 0 Å². The zero-order valence-corrected chi connectivity index (χ0v) is 8.44. The van der Waals surface area contributed by atoms with Gasteiger partial charge in [0.1, 0.15) is 0 Å². The van der Waals surface area contributed by atoms with Crippen molar-refractivity contribution in [3.8, 4) is 17.3 Å². The molecule has 0 spiro atoms. The molecule has 2 rings (SSSR count). The zero-order chi connectivity index (χ0) is 10.7. The standard InChI is InChI=1S/C11H6ClN3/c12-11-5-4-10(14-15-11)9-3-1-2-8(6-9)7-13/h1-6H. The summed E-state index contributed by atoms with van der Waals surface area (Å²) in [7, 11) is 0. The Morgan fingerprint density at radius 2 is 2.00 bits per heavy atom. The van der Waals surface area contributed by atoms with E-state index in [9.17, 15) is 0 Å². The Hall–Kier alpha value is -1.92. The Kier molecular flexibility index (Phi) is 2.61. The predicted molar refractivity (Wildman–Crippen MR) is 57.2 cm³/mol. The monoisotopic (exact) mass is 215 g/mol. The highest BCUT2D eigenvalue weighted by atomic mass is 35.5. The van der Waals surface area contributed by atoms with Crippen LogP contribution in [0.2, 0.25) is 5.15 Å². The lowest BCUT2D eigenvalue weighted by Gasteiger charge is -1.99. The van der Waals surface area contributed by atoms with Crippen molar-refractivity contribution in [1.29, 1.82) is 5.26 Å². The summed E-state index contributed by atoms with van der Waals surface area (Å²) in [6.45, 7) is 0. The molecule has 15 heavy (non-hydrogen) atoms. The number of nitriles is 1. The van der Waals surface area contributed by atoms with Crippen LogP contribution >= 0.6 is 11.6 Å². The molecule has 0 aliphatic rings. The quantitative estimate of drug-likeness (QED) is 0.735. The Morgan fingerprint density at radius 3 is 2.67 bits per heavy atom. The number of nitrogens with zero attached hydrogens (tertiary/aromatic N) is 3. The number of benzene rings is 1. The average Bonchev–Trinajstić information content (AvgIpc) is 2.30. The van der Waals surface area contributed by atoms with Gasteiger partial charge in [0.2, 0.25) is 0 Å². The smallest absolute Gasteiger partial charge is 0.151 e. The van der Waals surface area contributed by atoms with Crippen molar-refractivity contribution in [2.45, 2.75) is 0 Å². The second-order valence-electron chi connectivity index (χ2n) is 2.93. The highest BCUT2D eigenvalue weighted by Gasteiger charge is 2.00. The molecule has 1 heterocycles. The molecule has 0 unspecified atom stereocenters. The van der Waals surface area contributed by atoms with Crippen molar-refractivity contribution in [1.82, 2.24) is 10.2 Å². The van der Waals surface area contributed by atoms with Crippen LogP contribution < -0.4 is 0 Å². The van der Waals surface area contributed by atoms with E-state index in [2.05, 4.69) is 16.3 Å². The molecule has 4 heteroatoms. The Balaban J connectivity index is 2.46. The zero-order valence-electron chi connectivity index (χ0n) is 7.68. The number of halogens is 1. The highest BCUT2D eigenvalue weighted by molar-refractivity contribution is 6.29. The lowest BCUT2D eigenvalue weighted by atomic mass is 10.1. The van der Waals surface area contributed by atoms with Crippen LogP contribution in [0.5, 0.6) is 0 Å². The fraction of sp³-hybridized carbons (Fsp3) is 0. The maximum Gasteiger partial charge on any atom is 0.151 e. The molecule has 0 aliphatic carbocycles. The average molecular weight is 216 g/mol. The van der Waals surface area contributed by atoms with Gasteiger partial charge in [0.05, 0.1) is 17.3 Å². The van der Waals surface area contributed by atoms with E-state index < -0.39 is 0 Å². The van der Waals surface area contributed by atoms with Gasteiger partial charge < -0.3 is 0 Å². The summed E-state index contributed by atoms with van der Waals surface area (Å²) in [5.74, 6) is 0. The normalized spacial score (nSPS) is 9.60. The van der Waals surface area contributed by atoms with Gasteiger partial charge in [-0.15, -0.1) is 10.2 Å². The lowest BCUT2D eigenvalue weighted by molar-refractivity contribution is 1.04. The summed E-state index contributed by atoms with van der Waals surface area (Å²) < 4.78 is 0. The molecule has 0 amide bonds. The van der Waals surface area contributed by atoms with Crippen LogP contribution in [-0.4, -0.2) is 10.2 Å². The molecule has 0 fully saturated rings. The predicted octanol–water partition coefficient (Wildman–Crippen LogP) is 2.67. The van der Waals surface area contributed by atoms with Crippen LogP contribution in [0.25, 0.3) is 11.3 Å². The molecule has 0 aliphatic heterocycles. The minimum absolute atomic E-state index is 0.357. The van der Waals surface area contributed by atoms with E-state index in [1.807, 2.05) is 12.1 Å². The molecular weight excluding hydrogens is 210 g/mol. The number of aromatic nitrogens is 2. The van der Waals surface area contributed by atoms with Gasteiger partial charge in [-0.05, 0) is 24.3 Å². The highest BCUT2D eigenvalue weighted by Crippen LogP contribution is 2.18. The van der Waals surface area contributed by atoms with Crippen molar-refractivity contribution in [3.05, 3.63) is 47.1 Å². The van der Waals surface area contributed by atoms with E-state index >= 15 is 0 Å². The van der Waals surface area contributed by atoms with Crippen molar-refractivity contribution in [2.75, 3.05) is 0 Å². The number of rotatable bonds is 1. The summed E-state index contributed by atoms with van der Waals surface area (Å²) in [5.41, 5.74) is 2.17. The molecule has 72 valence electrons. The van der Waals surface area contributed by atoms with E-state index in [1.54, 1.807) is 24.3 Å². The first-order valence-electron chi connectivity index (χ1n) is 4.29. The maximum absolute atomic E-state index is 8.75. The SMILES string of the molecule is N#Cc1cccc(-c2ccc(Cl)nn2)c1. The lowest BCUT2D eigenvalue weighted by Crippen LogP contribution is -1.87. The molecule has 2 aromatic rings. The van der Waals surface area contributed by atoms with Gasteiger partial charge in [-0.25, -0.2) is 0 Å². The van der Waals surface area contributed by atoms with Gasteiger partial charge in [0.25, 0.3) is 0 Å². The molecule has 0 N–H and O–H groups in total. The van der Waals surface area contributed by atoms with Crippen LogP contribution in [0.4, 0.5) is 0 Å². The van der Waals surface area contributed by atoms with Crippen LogP contribution in [0.15, 0.2) is 36.4 Å². The van der Waals surface area contributed by atoms with E-state index in [0.717, 1.165) is 5.56 Å². The first-order chi connectivity index (χ1) is 7.29. The Morgan fingerprint density at radius 1 is 1.13 bits per heavy atom. The number of hydrogen-bond donors (Lipinski definition) is 0. The fourth-order valence-electron chi connectivity index (χ4n) is 1.22. The molecule has 0 atom stereocenters. The van der Waals surface area contributed by atoms with Gasteiger partial charge in [0.15, 0.2) is 5.15 Å². The molecule has 3 nitrogen and oxygen atoms in total. The van der Waals surface area contributed by atoms with Crippen LogP contribution in [0.1, 0.15) is 5.56 Å². The Labute approximate surface area is 92.0 Å². The largest absolute Gasteiger partial charge is 0.192 e. The van der Waals surface area contributed by atoms with Crippen molar-refractivity contribution in [2.24, 2.45) is 0 Å². The third-order valence-electron chi connectivity index (χ3n) is 1.92. The van der Waals surface area contributed by atoms with E-state index in [0.29, 0.717) is 16.4 Å². The molecule has 0 bridgehead atoms. The third-order valence-corrected chi connectivity index (χ3v) is 2.12. The first kappa shape index (κ1) is 9.63. The summed E-state index contributed by atoms with van der Waals surface area (Å²) in [5, 5.41) is 16.8. The van der Waals surface area contributed by atoms with Crippen LogP contribution in [0, 0.1) is 11.3 Å². The molecule has 0 radical (unpaired) electrons. The van der Waals surface area contributed by atoms with E-state index in [-0.39, 0.29) is 0 Å². The third kappa shape index (κ3) is 2.12. The van der Waals surface area contributed by atoms with Gasteiger partial charge >= 0.3 is 0 Å². The van der Waals surface area contributed by atoms with Gasteiger partial charge in [-0.1, -0.05) is 23.7 Å².